The third-order valence-electron chi connectivity index (χ3n) is 3.60. The Bertz CT molecular complexity index is 692. The first-order valence-electron chi connectivity index (χ1n) is 8.01. The summed E-state index contributed by atoms with van der Waals surface area (Å²) in [4.78, 5) is 39.9. The molecule has 1 rings (SSSR count). The number of aliphatic imine (C=N–C) groups is 1. The maximum atomic E-state index is 12.1. The number of hydrogen-bond donors (Lipinski definition) is 0. The number of carbonyl (C=O) groups is 3. The fraction of sp³-hybridized carbons (Fsp3) is 0.368. The maximum absolute atomic E-state index is 12.1. The molecule has 0 radical (unpaired) electrons. The molecule has 2 amide bonds. The molecule has 25 heavy (non-hydrogen) atoms. The van der Waals surface area contributed by atoms with Crippen molar-refractivity contribution in [2.75, 3.05) is 20.7 Å². The van der Waals surface area contributed by atoms with E-state index in [4.69, 9.17) is 0 Å². The molecular weight excluding hydrogens is 320 g/mol. The van der Waals surface area contributed by atoms with Crippen LogP contribution in [0.25, 0.3) is 6.08 Å². The number of rotatable bonds is 7. The minimum atomic E-state index is -0.625. The van der Waals surface area contributed by atoms with E-state index in [1.54, 1.807) is 37.1 Å². The number of ether oxygens (including phenoxy) is 1. The van der Waals surface area contributed by atoms with Crippen LogP contribution >= 0.6 is 0 Å². The summed E-state index contributed by atoms with van der Waals surface area (Å²) < 4.78 is 4.52. The van der Waals surface area contributed by atoms with Crippen molar-refractivity contribution < 1.29 is 19.1 Å². The molecule has 0 saturated heterocycles. The first-order chi connectivity index (χ1) is 11.8. The predicted octanol–water partition coefficient (Wildman–Crippen LogP) is 2.73. The second kappa shape index (κ2) is 10.2. The van der Waals surface area contributed by atoms with E-state index in [9.17, 15) is 14.4 Å². The van der Waals surface area contributed by atoms with E-state index in [0.29, 0.717) is 12.1 Å². The van der Waals surface area contributed by atoms with Crippen LogP contribution in [0, 0.1) is 0 Å². The van der Waals surface area contributed by atoms with Gasteiger partial charge in [0.15, 0.2) is 0 Å². The van der Waals surface area contributed by atoms with Crippen molar-refractivity contribution in [3.05, 3.63) is 41.5 Å². The van der Waals surface area contributed by atoms with Gasteiger partial charge < -0.3 is 9.64 Å². The number of unbranched alkanes of at least 4 members (excludes halogenated alkanes) is 1. The van der Waals surface area contributed by atoms with Crippen molar-refractivity contribution in [2.45, 2.75) is 26.7 Å². The molecule has 0 heterocycles. The zero-order valence-electron chi connectivity index (χ0n) is 15.1. The zero-order chi connectivity index (χ0) is 18.8. The SMILES string of the molecule is COC(=O)C(C)=NC(=O)c1cccc(/C=C\CCCN(C)C(C)=O)c1. The van der Waals surface area contributed by atoms with E-state index in [0.717, 1.165) is 18.4 Å². The lowest BCUT2D eigenvalue weighted by Gasteiger charge is -2.13. The number of benzene rings is 1. The minimum Gasteiger partial charge on any atom is -0.465 e. The van der Waals surface area contributed by atoms with Crippen LogP contribution in [0.3, 0.4) is 0 Å². The van der Waals surface area contributed by atoms with Crippen LogP contribution in [0.1, 0.15) is 42.6 Å². The highest BCUT2D eigenvalue weighted by molar-refractivity contribution is 6.37. The topological polar surface area (TPSA) is 76.0 Å². The molecule has 0 atom stereocenters. The van der Waals surface area contributed by atoms with Gasteiger partial charge in [-0.25, -0.2) is 9.79 Å². The largest absolute Gasteiger partial charge is 0.465 e. The Hall–Kier alpha value is -2.76. The van der Waals surface area contributed by atoms with Gasteiger partial charge in [0.05, 0.1) is 7.11 Å². The average molecular weight is 344 g/mol. The quantitative estimate of drug-likeness (QED) is 0.433. The Balaban J connectivity index is 2.66. The van der Waals surface area contributed by atoms with Gasteiger partial charge in [-0.1, -0.05) is 24.3 Å². The highest BCUT2D eigenvalue weighted by Crippen LogP contribution is 2.10. The number of methoxy groups -OCH3 is 1. The first kappa shape index (κ1) is 20.3. The van der Waals surface area contributed by atoms with Gasteiger partial charge in [0.1, 0.15) is 5.71 Å². The molecule has 0 bridgehead atoms. The summed E-state index contributed by atoms with van der Waals surface area (Å²) in [5.41, 5.74) is 1.29. The van der Waals surface area contributed by atoms with E-state index >= 15 is 0 Å². The molecule has 0 spiro atoms. The Labute approximate surface area is 148 Å². The van der Waals surface area contributed by atoms with Crippen LogP contribution < -0.4 is 0 Å². The Morgan fingerprint density at radius 3 is 2.60 bits per heavy atom. The monoisotopic (exact) mass is 344 g/mol. The summed E-state index contributed by atoms with van der Waals surface area (Å²) in [7, 11) is 3.02. The van der Waals surface area contributed by atoms with E-state index in [1.165, 1.54) is 14.0 Å². The van der Waals surface area contributed by atoms with Crippen LogP contribution in [-0.2, 0) is 14.3 Å². The highest BCUT2D eigenvalue weighted by atomic mass is 16.5. The molecule has 0 aliphatic carbocycles. The summed E-state index contributed by atoms with van der Waals surface area (Å²) in [5.74, 6) is -1.06. The van der Waals surface area contributed by atoms with Gasteiger partial charge >= 0.3 is 5.97 Å². The maximum Gasteiger partial charge on any atom is 0.352 e. The molecule has 6 nitrogen and oxygen atoms in total. The number of hydrogen-bond acceptors (Lipinski definition) is 4. The molecule has 134 valence electrons. The van der Waals surface area contributed by atoms with Crippen LogP contribution in [0.2, 0.25) is 0 Å². The van der Waals surface area contributed by atoms with Crippen molar-refractivity contribution in [3.63, 3.8) is 0 Å². The third-order valence-corrected chi connectivity index (χ3v) is 3.60. The Morgan fingerprint density at radius 1 is 1.24 bits per heavy atom. The van der Waals surface area contributed by atoms with Crippen LogP contribution in [0.5, 0.6) is 0 Å². The molecule has 0 saturated carbocycles. The summed E-state index contributed by atoms with van der Waals surface area (Å²) in [5, 5.41) is 0. The number of amides is 2. The highest BCUT2D eigenvalue weighted by Gasteiger charge is 2.10. The molecule has 0 unspecified atom stereocenters. The average Bonchev–Trinajstić information content (AvgIpc) is 2.60. The lowest BCUT2D eigenvalue weighted by atomic mass is 10.1. The predicted molar refractivity (Wildman–Crippen MR) is 97.5 cm³/mol. The van der Waals surface area contributed by atoms with Crippen molar-refractivity contribution in [1.29, 1.82) is 0 Å². The number of nitrogens with zero attached hydrogens (tertiary/aromatic N) is 2. The lowest BCUT2D eigenvalue weighted by molar-refractivity contribution is -0.132. The van der Waals surface area contributed by atoms with Gasteiger partial charge in [-0.15, -0.1) is 0 Å². The summed E-state index contributed by atoms with van der Waals surface area (Å²) in [6.07, 6.45) is 5.62. The molecule has 0 aliphatic rings. The molecule has 1 aromatic carbocycles. The van der Waals surface area contributed by atoms with E-state index in [-0.39, 0.29) is 11.6 Å². The van der Waals surface area contributed by atoms with Gasteiger partial charge in [0, 0.05) is 26.1 Å². The van der Waals surface area contributed by atoms with Crippen molar-refractivity contribution >= 4 is 29.6 Å². The number of carbonyl (C=O) groups excluding carboxylic acids is 3. The van der Waals surface area contributed by atoms with Crippen molar-refractivity contribution in [3.8, 4) is 0 Å². The van der Waals surface area contributed by atoms with Gasteiger partial charge in [0.25, 0.3) is 5.91 Å². The normalized spacial score (nSPS) is 11.4. The van der Waals surface area contributed by atoms with Crippen molar-refractivity contribution in [1.82, 2.24) is 4.90 Å². The fourth-order valence-electron chi connectivity index (χ4n) is 2.01. The van der Waals surface area contributed by atoms with E-state index < -0.39 is 11.9 Å². The van der Waals surface area contributed by atoms with Crippen LogP contribution in [0.4, 0.5) is 0 Å². The van der Waals surface area contributed by atoms with Gasteiger partial charge in [-0.2, -0.15) is 0 Å². The number of allylic oxidation sites excluding steroid dienone is 1. The summed E-state index contributed by atoms with van der Waals surface area (Å²) in [6.45, 7) is 3.69. The lowest BCUT2D eigenvalue weighted by Crippen LogP contribution is -2.24. The van der Waals surface area contributed by atoms with Crippen molar-refractivity contribution in [2.24, 2.45) is 4.99 Å². The second-order valence-electron chi connectivity index (χ2n) is 5.60. The molecule has 6 heteroatoms. The molecule has 1 aromatic rings. The molecular formula is C19H24N2O4. The smallest absolute Gasteiger partial charge is 0.352 e. The third kappa shape index (κ3) is 7.12. The standard InChI is InChI=1S/C19H24N2O4/c1-14(19(24)25-4)20-18(23)17-11-8-10-16(13-17)9-6-5-7-12-21(3)15(2)22/h6,8-11,13H,5,7,12H2,1-4H3/b9-6-,20-14?. The minimum absolute atomic E-state index is 0.0167. The van der Waals surface area contributed by atoms with Crippen LogP contribution in [0.15, 0.2) is 35.3 Å². The summed E-state index contributed by atoms with van der Waals surface area (Å²) >= 11 is 0. The van der Waals surface area contributed by atoms with Crippen LogP contribution in [-0.4, -0.2) is 49.1 Å². The molecule has 0 aromatic heterocycles. The van der Waals surface area contributed by atoms with E-state index in [2.05, 4.69) is 9.73 Å². The first-order valence-corrected chi connectivity index (χ1v) is 8.01. The van der Waals surface area contributed by atoms with Gasteiger partial charge in [-0.05, 0) is 37.5 Å². The molecule has 0 fully saturated rings. The fourth-order valence-corrected chi connectivity index (χ4v) is 2.01. The Morgan fingerprint density at radius 2 is 1.96 bits per heavy atom. The zero-order valence-corrected chi connectivity index (χ0v) is 15.1. The van der Waals surface area contributed by atoms with Gasteiger partial charge in [0.2, 0.25) is 5.91 Å². The second-order valence-corrected chi connectivity index (χ2v) is 5.60. The van der Waals surface area contributed by atoms with E-state index in [1.807, 2.05) is 18.2 Å². The molecule has 0 N–H and O–H groups in total. The molecule has 0 aliphatic heterocycles. The Kier molecular flexibility index (Phi) is 8.26. The number of esters is 1. The summed E-state index contributed by atoms with van der Waals surface area (Å²) in [6, 6.07) is 7.01. The van der Waals surface area contributed by atoms with Gasteiger partial charge in [-0.3, -0.25) is 9.59 Å².